The van der Waals surface area contributed by atoms with Gasteiger partial charge in [0.1, 0.15) is 5.69 Å². The summed E-state index contributed by atoms with van der Waals surface area (Å²) in [4.78, 5) is 22.3. The molecule has 2 heterocycles. The average molecular weight is 261 g/mol. The highest BCUT2D eigenvalue weighted by atomic mass is 32.1. The van der Waals surface area contributed by atoms with Crippen LogP contribution in [0.5, 0.6) is 0 Å². The van der Waals surface area contributed by atoms with Crippen molar-refractivity contribution in [1.82, 2.24) is 15.3 Å². The third kappa shape index (κ3) is 2.73. The van der Waals surface area contributed by atoms with E-state index in [0.29, 0.717) is 5.69 Å². The van der Waals surface area contributed by atoms with E-state index in [1.165, 1.54) is 22.1 Å². The molecule has 1 N–H and O–H groups in total. The summed E-state index contributed by atoms with van der Waals surface area (Å²) >= 11 is 1.74. The van der Waals surface area contributed by atoms with Gasteiger partial charge in [0.2, 0.25) is 0 Å². The fourth-order valence-corrected chi connectivity index (χ4v) is 2.87. The van der Waals surface area contributed by atoms with Gasteiger partial charge in [0.15, 0.2) is 0 Å². The van der Waals surface area contributed by atoms with Crippen LogP contribution in [0, 0.1) is 13.8 Å². The second-order valence-electron chi connectivity index (χ2n) is 4.15. The summed E-state index contributed by atoms with van der Waals surface area (Å²) in [6.07, 6.45) is 4.53. The fourth-order valence-electron chi connectivity index (χ4n) is 1.85. The van der Waals surface area contributed by atoms with Gasteiger partial charge in [0.25, 0.3) is 5.91 Å². The van der Waals surface area contributed by atoms with Gasteiger partial charge >= 0.3 is 0 Å². The minimum atomic E-state index is -0.196. The van der Waals surface area contributed by atoms with Crippen LogP contribution in [-0.4, -0.2) is 15.9 Å². The lowest BCUT2D eigenvalue weighted by molar-refractivity contribution is 0.0934. The van der Waals surface area contributed by atoms with E-state index in [4.69, 9.17) is 0 Å². The van der Waals surface area contributed by atoms with Crippen LogP contribution in [0.25, 0.3) is 0 Å². The SMILES string of the molecule is Cc1cc([C@@H](C)NC(=O)c2cnccn2)c(C)s1. The molecule has 0 fully saturated rings. The summed E-state index contributed by atoms with van der Waals surface area (Å²) in [6.45, 7) is 6.11. The standard InChI is InChI=1S/C13H15N3OS/c1-8-6-11(10(3)18-8)9(2)16-13(17)12-7-14-4-5-15-12/h4-7,9H,1-3H3,(H,16,17)/t9-/m1/s1. The minimum Gasteiger partial charge on any atom is -0.344 e. The summed E-state index contributed by atoms with van der Waals surface area (Å²) in [6, 6.07) is 2.09. The molecule has 2 aromatic rings. The Morgan fingerprint density at radius 3 is 2.72 bits per heavy atom. The normalized spacial score (nSPS) is 12.2. The number of thiophene rings is 1. The summed E-state index contributed by atoms with van der Waals surface area (Å²) in [5, 5.41) is 2.93. The third-order valence-corrected chi connectivity index (χ3v) is 3.67. The monoisotopic (exact) mass is 261 g/mol. The summed E-state index contributed by atoms with van der Waals surface area (Å²) in [7, 11) is 0. The van der Waals surface area contributed by atoms with Crippen molar-refractivity contribution >= 4 is 17.2 Å². The number of carbonyl (C=O) groups is 1. The molecular weight excluding hydrogens is 246 g/mol. The summed E-state index contributed by atoms with van der Waals surface area (Å²) in [5.41, 5.74) is 1.50. The molecule has 0 radical (unpaired) electrons. The van der Waals surface area contributed by atoms with Crippen molar-refractivity contribution in [1.29, 1.82) is 0 Å². The maximum Gasteiger partial charge on any atom is 0.271 e. The van der Waals surface area contributed by atoms with Gasteiger partial charge in [-0.2, -0.15) is 0 Å². The zero-order valence-corrected chi connectivity index (χ0v) is 11.4. The Hall–Kier alpha value is -1.75. The molecule has 0 aliphatic carbocycles. The molecule has 1 amide bonds. The Morgan fingerprint density at radius 1 is 1.39 bits per heavy atom. The average Bonchev–Trinajstić information content (AvgIpc) is 2.69. The van der Waals surface area contributed by atoms with Gasteiger partial charge in [0.05, 0.1) is 12.2 Å². The molecule has 0 aliphatic rings. The van der Waals surface area contributed by atoms with Gasteiger partial charge in [-0.1, -0.05) is 0 Å². The molecule has 1 atom stereocenters. The first-order valence-corrected chi connectivity index (χ1v) is 6.53. The molecule has 18 heavy (non-hydrogen) atoms. The molecule has 0 aromatic carbocycles. The largest absolute Gasteiger partial charge is 0.344 e. The van der Waals surface area contributed by atoms with Crippen molar-refractivity contribution in [2.45, 2.75) is 26.8 Å². The Labute approximate surface area is 110 Å². The molecule has 0 saturated carbocycles. The van der Waals surface area contributed by atoms with Crippen LogP contribution in [0.2, 0.25) is 0 Å². The van der Waals surface area contributed by atoms with Gasteiger partial charge in [-0.15, -0.1) is 11.3 Å². The number of amides is 1. The van der Waals surface area contributed by atoms with Gasteiger partial charge in [0, 0.05) is 22.1 Å². The van der Waals surface area contributed by atoms with E-state index in [2.05, 4.69) is 35.2 Å². The second kappa shape index (κ2) is 5.27. The Balaban J connectivity index is 2.10. The number of hydrogen-bond donors (Lipinski definition) is 1. The van der Waals surface area contributed by atoms with Gasteiger partial charge < -0.3 is 5.32 Å². The first kappa shape index (κ1) is 12.7. The Kier molecular flexibility index (Phi) is 3.72. The maximum atomic E-state index is 11.9. The van der Waals surface area contributed by atoms with E-state index in [0.717, 1.165) is 5.56 Å². The molecule has 5 heteroatoms. The maximum absolute atomic E-state index is 11.9. The molecule has 2 rings (SSSR count). The number of aromatic nitrogens is 2. The van der Waals surface area contributed by atoms with Crippen LogP contribution in [0.15, 0.2) is 24.7 Å². The van der Waals surface area contributed by atoms with Crippen molar-refractivity contribution in [3.8, 4) is 0 Å². The van der Waals surface area contributed by atoms with Crippen LogP contribution in [0.4, 0.5) is 0 Å². The van der Waals surface area contributed by atoms with Crippen LogP contribution in [-0.2, 0) is 0 Å². The van der Waals surface area contributed by atoms with Crippen molar-refractivity contribution in [3.05, 3.63) is 45.7 Å². The van der Waals surface area contributed by atoms with E-state index < -0.39 is 0 Å². The highest BCUT2D eigenvalue weighted by Crippen LogP contribution is 2.26. The molecule has 0 bridgehead atoms. The van der Waals surface area contributed by atoms with Crippen molar-refractivity contribution in [3.63, 3.8) is 0 Å². The lowest BCUT2D eigenvalue weighted by Crippen LogP contribution is -2.27. The lowest BCUT2D eigenvalue weighted by atomic mass is 10.1. The van der Waals surface area contributed by atoms with E-state index >= 15 is 0 Å². The van der Waals surface area contributed by atoms with E-state index in [1.807, 2.05) is 6.92 Å². The first-order chi connectivity index (χ1) is 8.58. The predicted molar refractivity (Wildman–Crippen MR) is 71.7 cm³/mol. The van der Waals surface area contributed by atoms with Crippen molar-refractivity contribution in [2.24, 2.45) is 0 Å². The molecule has 4 nitrogen and oxygen atoms in total. The molecule has 0 aliphatic heterocycles. The van der Waals surface area contributed by atoms with Crippen LogP contribution >= 0.6 is 11.3 Å². The summed E-state index contributed by atoms with van der Waals surface area (Å²) in [5.74, 6) is -0.196. The van der Waals surface area contributed by atoms with Crippen LogP contribution in [0.3, 0.4) is 0 Å². The Bertz CT molecular complexity index is 551. The van der Waals surface area contributed by atoms with E-state index in [1.54, 1.807) is 17.5 Å². The third-order valence-electron chi connectivity index (χ3n) is 2.69. The van der Waals surface area contributed by atoms with Crippen molar-refractivity contribution < 1.29 is 4.79 Å². The van der Waals surface area contributed by atoms with Crippen LogP contribution < -0.4 is 5.32 Å². The van der Waals surface area contributed by atoms with Gasteiger partial charge in [-0.05, 0) is 32.4 Å². The molecule has 0 spiro atoms. The number of rotatable bonds is 3. The highest BCUT2D eigenvalue weighted by molar-refractivity contribution is 7.12. The highest BCUT2D eigenvalue weighted by Gasteiger charge is 2.15. The smallest absolute Gasteiger partial charge is 0.271 e. The molecule has 0 saturated heterocycles. The first-order valence-electron chi connectivity index (χ1n) is 5.71. The molecule has 2 aromatic heterocycles. The number of aryl methyl sites for hydroxylation is 2. The predicted octanol–water partition coefficient (Wildman–Crippen LogP) is 2.65. The van der Waals surface area contributed by atoms with Gasteiger partial charge in [-0.25, -0.2) is 4.98 Å². The molecule has 94 valence electrons. The quantitative estimate of drug-likeness (QED) is 0.924. The number of carbonyl (C=O) groups excluding carboxylic acids is 1. The zero-order chi connectivity index (χ0) is 13.1. The minimum absolute atomic E-state index is 0.0237. The zero-order valence-electron chi connectivity index (χ0n) is 10.6. The van der Waals surface area contributed by atoms with Crippen molar-refractivity contribution in [2.75, 3.05) is 0 Å². The fraction of sp³-hybridized carbons (Fsp3) is 0.308. The van der Waals surface area contributed by atoms with E-state index in [9.17, 15) is 4.79 Å². The molecular formula is C13H15N3OS. The van der Waals surface area contributed by atoms with Gasteiger partial charge in [-0.3, -0.25) is 9.78 Å². The second-order valence-corrected chi connectivity index (χ2v) is 5.61. The lowest BCUT2D eigenvalue weighted by Gasteiger charge is -2.13. The van der Waals surface area contributed by atoms with Crippen LogP contribution in [0.1, 0.15) is 38.8 Å². The molecule has 0 unspecified atom stereocenters. The number of hydrogen-bond acceptors (Lipinski definition) is 4. The summed E-state index contributed by atoms with van der Waals surface area (Å²) < 4.78 is 0. The number of nitrogens with zero attached hydrogens (tertiary/aromatic N) is 2. The van der Waals surface area contributed by atoms with E-state index in [-0.39, 0.29) is 11.9 Å². The topological polar surface area (TPSA) is 54.9 Å². The Morgan fingerprint density at radius 2 is 2.17 bits per heavy atom. The number of nitrogens with one attached hydrogen (secondary N) is 1.